The van der Waals surface area contributed by atoms with Crippen LogP contribution in [0.2, 0.25) is 0 Å². The van der Waals surface area contributed by atoms with E-state index in [2.05, 4.69) is 9.71 Å². The lowest BCUT2D eigenvalue weighted by molar-refractivity contribution is -0.118. The van der Waals surface area contributed by atoms with Crippen molar-refractivity contribution in [2.24, 2.45) is 0 Å². The summed E-state index contributed by atoms with van der Waals surface area (Å²) in [5, 5.41) is 10.9. The first-order valence-corrected chi connectivity index (χ1v) is 15.0. The minimum absolute atomic E-state index is 0.0684. The molecule has 0 bridgehead atoms. The third-order valence-electron chi connectivity index (χ3n) is 7.33. The van der Waals surface area contributed by atoms with Crippen molar-refractivity contribution in [3.05, 3.63) is 125 Å². The Labute approximate surface area is 235 Å². The van der Waals surface area contributed by atoms with E-state index in [1.54, 1.807) is 35.4 Å². The van der Waals surface area contributed by atoms with Crippen LogP contribution in [-0.4, -0.2) is 30.5 Å². The number of aryl methyl sites for hydroxylation is 2. The Hall–Kier alpha value is -3.85. The van der Waals surface area contributed by atoms with Crippen LogP contribution in [0, 0.1) is 0 Å². The summed E-state index contributed by atoms with van der Waals surface area (Å²) in [6, 6.07) is 26.9. The second kappa shape index (κ2) is 12.1. The van der Waals surface area contributed by atoms with Gasteiger partial charge in [0.05, 0.1) is 29.3 Å². The largest absolute Gasteiger partial charge is 0.391 e. The third kappa shape index (κ3) is 6.31. The number of aliphatic hydroxyl groups excluding tert-OH is 1. The maximum absolute atomic E-state index is 13.6. The molecule has 0 saturated carbocycles. The van der Waals surface area contributed by atoms with E-state index in [-0.39, 0.29) is 17.3 Å². The molecule has 0 spiro atoms. The summed E-state index contributed by atoms with van der Waals surface area (Å²) in [6.07, 6.45) is 2.80. The van der Waals surface area contributed by atoms with Crippen molar-refractivity contribution in [2.45, 2.75) is 56.2 Å². The van der Waals surface area contributed by atoms with E-state index < -0.39 is 22.2 Å². The van der Waals surface area contributed by atoms with Gasteiger partial charge in [-0.3, -0.25) is 9.78 Å². The number of hydrogen-bond acceptors (Lipinski definition) is 5. The number of nitrogens with one attached hydrogen (secondary N) is 1. The molecule has 1 aromatic heterocycles. The highest BCUT2D eigenvalue weighted by Gasteiger charge is 2.35. The van der Waals surface area contributed by atoms with E-state index >= 15 is 0 Å². The molecular formula is C32H33N3O4S. The lowest BCUT2D eigenvalue weighted by Gasteiger charge is -2.25. The van der Waals surface area contributed by atoms with E-state index in [0.717, 1.165) is 28.8 Å². The van der Waals surface area contributed by atoms with Crippen molar-refractivity contribution < 1.29 is 18.3 Å². The molecule has 0 unspecified atom stereocenters. The van der Waals surface area contributed by atoms with Gasteiger partial charge in [0.2, 0.25) is 15.9 Å². The smallest absolute Gasteiger partial charge is 0.241 e. The molecule has 1 aliphatic rings. The monoisotopic (exact) mass is 555 g/mol. The maximum Gasteiger partial charge on any atom is 0.241 e. The maximum atomic E-state index is 13.6. The molecule has 0 radical (unpaired) electrons. The molecule has 3 aromatic carbocycles. The number of rotatable bonds is 10. The predicted molar refractivity (Wildman–Crippen MR) is 155 cm³/mol. The fraction of sp³-hybridized carbons (Fsp3) is 0.250. The number of benzene rings is 3. The number of pyridine rings is 1. The van der Waals surface area contributed by atoms with Crippen LogP contribution in [0.5, 0.6) is 0 Å². The van der Waals surface area contributed by atoms with Gasteiger partial charge < -0.3 is 10.0 Å². The summed E-state index contributed by atoms with van der Waals surface area (Å²) in [6.45, 7) is 2.28. The number of anilines is 1. The average Bonchev–Trinajstić information content (AvgIpc) is 3.29. The molecule has 5 rings (SSSR count). The molecule has 8 heteroatoms. The summed E-state index contributed by atoms with van der Waals surface area (Å²) in [5.41, 5.74) is 5.00. The molecule has 0 aliphatic heterocycles. The number of hydrogen-bond donors (Lipinski definition) is 2. The first-order chi connectivity index (χ1) is 19.3. The fourth-order valence-electron chi connectivity index (χ4n) is 5.07. The minimum atomic E-state index is -3.88. The molecule has 4 aromatic rings. The predicted octanol–water partition coefficient (Wildman–Crippen LogP) is 4.75. The molecule has 1 amide bonds. The Morgan fingerprint density at radius 3 is 2.42 bits per heavy atom. The first-order valence-electron chi connectivity index (χ1n) is 13.5. The highest BCUT2D eigenvalue weighted by Crippen LogP contribution is 2.36. The minimum Gasteiger partial charge on any atom is -0.391 e. The SMILES string of the molecule is CCc1ccc(S(=O)(=O)N[C@@H]2c3cc(N(Cc4ccccn4)C(=O)CCc4ccccc4)ccc3C[C@H]2O)cc1. The normalized spacial score (nSPS) is 16.4. The lowest BCUT2D eigenvalue weighted by atomic mass is 10.1. The molecule has 40 heavy (non-hydrogen) atoms. The van der Waals surface area contributed by atoms with Crippen molar-refractivity contribution in [1.82, 2.24) is 9.71 Å². The van der Waals surface area contributed by atoms with Crippen LogP contribution in [0.3, 0.4) is 0 Å². The second-order valence-corrected chi connectivity index (χ2v) is 11.8. The second-order valence-electron chi connectivity index (χ2n) is 10.0. The molecule has 0 saturated heterocycles. The molecule has 206 valence electrons. The van der Waals surface area contributed by atoms with Gasteiger partial charge in [-0.05, 0) is 71.5 Å². The van der Waals surface area contributed by atoms with E-state index in [1.165, 1.54) is 0 Å². The molecule has 2 atom stereocenters. The third-order valence-corrected chi connectivity index (χ3v) is 8.79. The Bertz CT molecular complexity index is 1560. The molecule has 7 nitrogen and oxygen atoms in total. The van der Waals surface area contributed by atoms with Gasteiger partial charge in [0.15, 0.2) is 0 Å². The number of aromatic nitrogens is 1. The number of fused-ring (bicyclic) bond motifs is 1. The average molecular weight is 556 g/mol. The summed E-state index contributed by atoms with van der Waals surface area (Å²) in [4.78, 5) is 19.8. The van der Waals surface area contributed by atoms with E-state index in [0.29, 0.717) is 30.5 Å². The van der Waals surface area contributed by atoms with Gasteiger partial charge in [0, 0.05) is 24.7 Å². The van der Waals surface area contributed by atoms with E-state index in [9.17, 15) is 18.3 Å². The van der Waals surface area contributed by atoms with Gasteiger partial charge >= 0.3 is 0 Å². The first kappa shape index (κ1) is 27.7. The van der Waals surface area contributed by atoms with Crippen LogP contribution in [0.25, 0.3) is 0 Å². The summed E-state index contributed by atoms with van der Waals surface area (Å²) in [7, 11) is -3.88. The van der Waals surface area contributed by atoms with Crippen LogP contribution in [0.1, 0.15) is 47.3 Å². The van der Waals surface area contributed by atoms with Crippen LogP contribution in [-0.2, 0) is 40.6 Å². The van der Waals surface area contributed by atoms with Crippen LogP contribution in [0.4, 0.5) is 5.69 Å². The van der Waals surface area contributed by atoms with Crippen molar-refractivity contribution in [1.29, 1.82) is 0 Å². The quantitative estimate of drug-likeness (QED) is 0.294. The van der Waals surface area contributed by atoms with Crippen molar-refractivity contribution in [3.63, 3.8) is 0 Å². The fourth-order valence-corrected chi connectivity index (χ4v) is 6.31. The zero-order valence-corrected chi connectivity index (χ0v) is 23.2. The van der Waals surface area contributed by atoms with Crippen LogP contribution >= 0.6 is 0 Å². The van der Waals surface area contributed by atoms with Gasteiger partial charge in [-0.25, -0.2) is 13.1 Å². The van der Waals surface area contributed by atoms with Crippen LogP contribution < -0.4 is 9.62 Å². The summed E-state index contributed by atoms with van der Waals surface area (Å²) >= 11 is 0. The molecule has 1 aliphatic carbocycles. The Morgan fingerprint density at radius 1 is 0.975 bits per heavy atom. The van der Waals surface area contributed by atoms with Crippen molar-refractivity contribution >= 4 is 21.6 Å². The number of aliphatic hydroxyl groups is 1. The number of amides is 1. The van der Waals surface area contributed by atoms with Gasteiger partial charge in [-0.1, -0.05) is 61.5 Å². The van der Waals surface area contributed by atoms with Crippen molar-refractivity contribution in [2.75, 3.05) is 4.90 Å². The number of nitrogens with zero attached hydrogens (tertiary/aromatic N) is 2. The zero-order valence-electron chi connectivity index (χ0n) is 22.4. The van der Waals surface area contributed by atoms with Gasteiger partial charge in [-0.15, -0.1) is 0 Å². The van der Waals surface area contributed by atoms with Crippen LogP contribution in [0.15, 0.2) is 102 Å². The molecule has 0 fully saturated rings. The zero-order chi connectivity index (χ0) is 28.1. The van der Waals surface area contributed by atoms with E-state index in [4.69, 9.17) is 0 Å². The molecule has 2 N–H and O–H groups in total. The Balaban J connectivity index is 1.43. The Morgan fingerprint density at radius 2 is 1.73 bits per heavy atom. The lowest BCUT2D eigenvalue weighted by Crippen LogP contribution is -2.34. The summed E-state index contributed by atoms with van der Waals surface area (Å²) < 4.78 is 29.2. The highest BCUT2D eigenvalue weighted by atomic mass is 32.2. The number of sulfonamides is 1. The Kier molecular flexibility index (Phi) is 8.40. The van der Waals surface area contributed by atoms with Gasteiger partial charge in [-0.2, -0.15) is 0 Å². The van der Waals surface area contributed by atoms with E-state index in [1.807, 2.05) is 73.7 Å². The number of carbonyl (C=O) groups is 1. The summed E-state index contributed by atoms with van der Waals surface area (Å²) in [5.74, 6) is -0.0684. The number of carbonyl (C=O) groups excluding carboxylic acids is 1. The van der Waals surface area contributed by atoms with Crippen molar-refractivity contribution in [3.8, 4) is 0 Å². The molecule has 1 heterocycles. The molecular weight excluding hydrogens is 522 g/mol. The van der Waals surface area contributed by atoms with Gasteiger partial charge in [0.25, 0.3) is 0 Å². The highest BCUT2D eigenvalue weighted by molar-refractivity contribution is 7.89. The van der Waals surface area contributed by atoms with Gasteiger partial charge in [0.1, 0.15) is 0 Å². The topological polar surface area (TPSA) is 99.6 Å². The standard InChI is InChI=1S/C32H33N3O4S/c1-2-23-11-16-28(17-12-23)40(38,39)34-32-29-21-27(15-14-25(29)20-30(32)36)35(22-26-10-6-7-19-33-26)31(37)18-13-24-8-4-3-5-9-24/h3-12,14-17,19,21,30,32,34,36H,2,13,18,20,22H2,1H3/t30-,32-/m1/s1.